The number of esters is 1. The lowest BCUT2D eigenvalue weighted by Crippen LogP contribution is -2.52. The summed E-state index contributed by atoms with van der Waals surface area (Å²) in [5.74, 6) is -2.23. The molecule has 0 amide bonds. The number of rotatable bonds is 8. The minimum absolute atomic E-state index is 0.237. The van der Waals surface area contributed by atoms with Gasteiger partial charge >= 0.3 is 11.9 Å². The molecule has 1 aromatic carbocycles. The third-order valence-electron chi connectivity index (χ3n) is 5.17. The summed E-state index contributed by atoms with van der Waals surface area (Å²) in [6, 6.07) is 4.56. The SMILES string of the molecule is CC(C)(C)OC(=O)C1(CNC(C(=O)O)S(=O)(=O)c2ccccc2[N+](=O)[O-])CCCCC1. The van der Waals surface area contributed by atoms with Gasteiger partial charge in [0, 0.05) is 12.6 Å². The minimum atomic E-state index is -4.67. The van der Waals surface area contributed by atoms with Crippen LogP contribution < -0.4 is 5.32 Å². The maximum absolute atomic E-state index is 13.0. The Morgan fingerprint density at radius 2 is 1.81 bits per heavy atom. The van der Waals surface area contributed by atoms with Gasteiger partial charge in [0.2, 0.25) is 15.2 Å². The van der Waals surface area contributed by atoms with Crippen molar-refractivity contribution in [3.8, 4) is 0 Å². The summed E-state index contributed by atoms with van der Waals surface area (Å²) >= 11 is 0. The van der Waals surface area contributed by atoms with E-state index in [2.05, 4.69) is 5.32 Å². The molecule has 31 heavy (non-hydrogen) atoms. The van der Waals surface area contributed by atoms with Crippen molar-refractivity contribution in [3.63, 3.8) is 0 Å². The molecule has 2 N–H and O–H groups in total. The fourth-order valence-electron chi connectivity index (χ4n) is 3.66. The van der Waals surface area contributed by atoms with Gasteiger partial charge in [0.15, 0.2) is 0 Å². The molecular formula is C20H28N2O8S. The molecule has 2 rings (SSSR count). The number of aliphatic carboxylic acids is 1. The van der Waals surface area contributed by atoms with Crippen LogP contribution in [0, 0.1) is 15.5 Å². The average Bonchev–Trinajstić information content (AvgIpc) is 2.67. The van der Waals surface area contributed by atoms with Crippen LogP contribution in [0.5, 0.6) is 0 Å². The van der Waals surface area contributed by atoms with Crippen LogP contribution in [-0.2, 0) is 24.2 Å². The number of carboxylic acid groups (broad SMARTS) is 1. The van der Waals surface area contributed by atoms with Gasteiger partial charge in [-0.2, -0.15) is 0 Å². The molecule has 0 heterocycles. The maximum Gasteiger partial charge on any atom is 0.336 e. The molecule has 10 nitrogen and oxygen atoms in total. The second-order valence-electron chi connectivity index (χ2n) is 8.71. The van der Waals surface area contributed by atoms with Crippen LogP contribution in [0.15, 0.2) is 29.2 Å². The fraction of sp³-hybridized carbons (Fsp3) is 0.600. The number of ether oxygens (including phenoxy) is 1. The molecule has 0 radical (unpaired) electrons. The maximum atomic E-state index is 13.0. The van der Waals surface area contributed by atoms with E-state index in [1.807, 2.05) is 0 Å². The van der Waals surface area contributed by atoms with E-state index in [1.54, 1.807) is 20.8 Å². The van der Waals surface area contributed by atoms with Gasteiger partial charge in [0.25, 0.3) is 5.69 Å². The Hall–Kier alpha value is -2.53. The Morgan fingerprint density at radius 3 is 2.32 bits per heavy atom. The summed E-state index contributed by atoms with van der Waals surface area (Å²) in [5, 5.41) is 21.2. The molecule has 11 heteroatoms. The number of benzene rings is 1. The summed E-state index contributed by atoms with van der Waals surface area (Å²) in [6.45, 7) is 4.91. The molecule has 1 aliphatic rings. The minimum Gasteiger partial charge on any atom is -0.479 e. The molecule has 0 saturated heterocycles. The molecule has 0 bridgehead atoms. The number of hydrogen-bond donors (Lipinski definition) is 2. The van der Waals surface area contributed by atoms with Crippen molar-refractivity contribution in [2.75, 3.05) is 6.54 Å². The molecule has 1 fully saturated rings. The lowest BCUT2D eigenvalue weighted by Gasteiger charge is -2.38. The normalized spacial score (nSPS) is 17.5. The van der Waals surface area contributed by atoms with Crippen molar-refractivity contribution in [2.24, 2.45) is 5.41 Å². The Kier molecular flexibility index (Phi) is 7.43. The highest BCUT2D eigenvalue weighted by molar-refractivity contribution is 7.92. The number of nitrogens with one attached hydrogen (secondary N) is 1. The van der Waals surface area contributed by atoms with Gasteiger partial charge in [-0.25, -0.2) is 13.2 Å². The van der Waals surface area contributed by atoms with Gasteiger partial charge in [-0.05, 0) is 39.7 Å². The first-order valence-electron chi connectivity index (χ1n) is 9.97. The highest BCUT2D eigenvalue weighted by Crippen LogP contribution is 2.38. The first kappa shape index (κ1) is 24.7. The third kappa shape index (κ3) is 5.79. The van der Waals surface area contributed by atoms with E-state index in [-0.39, 0.29) is 6.54 Å². The van der Waals surface area contributed by atoms with Crippen LogP contribution in [-0.4, -0.2) is 47.9 Å². The van der Waals surface area contributed by atoms with Crippen molar-refractivity contribution >= 4 is 27.5 Å². The van der Waals surface area contributed by atoms with E-state index >= 15 is 0 Å². The molecular weight excluding hydrogens is 428 g/mol. The van der Waals surface area contributed by atoms with Crippen LogP contribution in [0.2, 0.25) is 0 Å². The summed E-state index contributed by atoms with van der Waals surface area (Å²) in [5.41, 5.74) is -2.54. The Bertz CT molecular complexity index is 946. The number of nitrogens with zero attached hydrogens (tertiary/aromatic N) is 1. The first-order valence-corrected chi connectivity index (χ1v) is 11.5. The lowest BCUT2D eigenvalue weighted by atomic mass is 9.74. The highest BCUT2D eigenvalue weighted by atomic mass is 32.2. The van der Waals surface area contributed by atoms with E-state index in [9.17, 15) is 33.2 Å². The molecule has 1 aromatic rings. The van der Waals surface area contributed by atoms with Crippen LogP contribution in [0.3, 0.4) is 0 Å². The van der Waals surface area contributed by atoms with Crippen molar-refractivity contribution in [3.05, 3.63) is 34.4 Å². The van der Waals surface area contributed by atoms with E-state index in [0.29, 0.717) is 12.8 Å². The van der Waals surface area contributed by atoms with E-state index in [0.717, 1.165) is 31.4 Å². The summed E-state index contributed by atoms with van der Waals surface area (Å²) in [4.78, 5) is 34.5. The number of hydrogen-bond acceptors (Lipinski definition) is 8. The topological polar surface area (TPSA) is 153 Å². The zero-order chi connectivity index (χ0) is 23.4. The molecule has 0 aliphatic heterocycles. The summed E-state index contributed by atoms with van der Waals surface area (Å²) in [6.07, 6.45) is 3.19. The van der Waals surface area contributed by atoms with Crippen LogP contribution in [0.1, 0.15) is 52.9 Å². The van der Waals surface area contributed by atoms with Crippen molar-refractivity contribution < 1.29 is 32.8 Å². The lowest BCUT2D eigenvalue weighted by molar-refractivity contribution is -0.387. The average molecular weight is 457 g/mol. The van der Waals surface area contributed by atoms with Crippen molar-refractivity contribution in [1.29, 1.82) is 0 Å². The number of sulfone groups is 1. The number of carboxylic acids is 1. The van der Waals surface area contributed by atoms with Gasteiger partial charge in [-0.3, -0.25) is 20.2 Å². The van der Waals surface area contributed by atoms with E-state index in [1.165, 1.54) is 12.1 Å². The zero-order valence-corrected chi connectivity index (χ0v) is 18.6. The molecule has 1 unspecified atom stereocenters. The molecule has 0 spiro atoms. The molecule has 1 saturated carbocycles. The van der Waals surface area contributed by atoms with Gasteiger partial charge in [-0.1, -0.05) is 31.4 Å². The monoisotopic (exact) mass is 456 g/mol. The third-order valence-corrected chi connectivity index (χ3v) is 7.12. The summed E-state index contributed by atoms with van der Waals surface area (Å²) in [7, 11) is -4.67. The second kappa shape index (κ2) is 9.31. The van der Waals surface area contributed by atoms with Crippen LogP contribution in [0.25, 0.3) is 0 Å². The standard InChI is InChI=1S/C20H28N2O8S/c1-19(2,3)30-18(25)20(11-7-4-8-12-20)13-21-16(17(23)24)31(28,29)15-10-6-5-9-14(15)22(26)27/h5-6,9-10,16,21H,4,7-8,11-13H2,1-3H3,(H,23,24). The van der Waals surface area contributed by atoms with Crippen molar-refractivity contribution in [1.82, 2.24) is 5.32 Å². The van der Waals surface area contributed by atoms with Gasteiger partial charge in [0.05, 0.1) is 10.3 Å². The van der Waals surface area contributed by atoms with Crippen LogP contribution in [0.4, 0.5) is 5.69 Å². The Labute approximate surface area is 181 Å². The Morgan fingerprint density at radius 1 is 1.23 bits per heavy atom. The number of para-hydroxylation sites is 1. The quantitative estimate of drug-likeness (QED) is 0.341. The Balaban J connectivity index is 2.37. The van der Waals surface area contributed by atoms with Gasteiger partial charge < -0.3 is 9.84 Å². The molecule has 0 aromatic heterocycles. The van der Waals surface area contributed by atoms with Crippen LogP contribution >= 0.6 is 0 Å². The van der Waals surface area contributed by atoms with E-state index in [4.69, 9.17) is 4.74 Å². The van der Waals surface area contributed by atoms with Gasteiger partial charge in [0.1, 0.15) is 10.5 Å². The molecule has 172 valence electrons. The largest absolute Gasteiger partial charge is 0.479 e. The second-order valence-corrected chi connectivity index (χ2v) is 10.7. The molecule has 1 aliphatic carbocycles. The highest BCUT2D eigenvalue weighted by Gasteiger charge is 2.45. The van der Waals surface area contributed by atoms with Gasteiger partial charge in [-0.15, -0.1) is 0 Å². The number of carbonyl (C=O) groups excluding carboxylic acids is 1. The predicted octanol–water partition coefficient (Wildman–Crippen LogP) is 2.66. The number of nitro benzene ring substituents is 1. The smallest absolute Gasteiger partial charge is 0.336 e. The fourth-order valence-corrected chi connectivity index (χ4v) is 5.19. The predicted molar refractivity (Wildman–Crippen MR) is 111 cm³/mol. The van der Waals surface area contributed by atoms with Crippen molar-refractivity contribution in [2.45, 2.75) is 68.7 Å². The number of carbonyl (C=O) groups is 2. The number of nitro groups is 1. The van der Waals surface area contributed by atoms with E-state index < -0.39 is 53.7 Å². The zero-order valence-electron chi connectivity index (χ0n) is 17.8. The first-order chi connectivity index (χ1) is 14.3. The summed E-state index contributed by atoms with van der Waals surface area (Å²) < 4.78 is 31.6. The molecule has 1 atom stereocenters.